The number of anilines is 3. The number of aromatic nitrogens is 2. The number of halogens is 4. The summed E-state index contributed by atoms with van der Waals surface area (Å²) in [5.74, 6) is -3.33. The SMILES string of the molecule is CS(=O)(=O)N[C@@H]1CCCC[C@H]1Nc1nc(Nc2cc(C(=O)NC3CCOCC3)c(F)cc2O)ncc1C(F)(F)F. The van der Waals surface area contributed by atoms with Gasteiger partial charge in [0.15, 0.2) is 0 Å². The Balaban J connectivity index is 1.60. The maximum atomic E-state index is 14.5. The number of nitrogens with one attached hydrogen (secondary N) is 4. The van der Waals surface area contributed by atoms with Crippen molar-refractivity contribution in [1.82, 2.24) is 20.0 Å². The molecule has 1 aliphatic carbocycles. The van der Waals surface area contributed by atoms with Crippen molar-refractivity contribution in [2.24, 2.45) is 0 Å². The van der Waals surface area contributed by atoms with Gasteiger partial charge in [-0.1, -0.05) is 12.8 Å². The van der Waals surface area contributed by atoms with E-state index in [9.17, 15) is 35.9 Å². The van der Waals surface area contributed by atoms with Crippen molar-refractivity contribution in [3.63, 3.8) is 0 Å². The third-order valence-electron chi connectivity index (χ3n) is 6.68. The fraction of sp³-hybridized carbons (Fsp3) is 0.542. The van der Waals surface area contributed by atoms with Gasteiger partial charge in [-0.05, 0) is 31.7 Å². The molecule has 220 valence electrons. The minimum absolute atomic E-state index is 0.210. The van der Waals surface area contributed by atoms with Crippen molar-refractivity contribution < 1.29 is 40.6 Å². The molecule has 1 amide bonds. The van der Waals surface area contributed by atoms with E-state index in [0.717, 1.165) is 12.3 Å². The van der Waals surface area contributed by atoms with Crippen molar-refractivity contribution in [3.05, 3.63) is 35.3 Å². The number of ether oxygens (including phenoxy) is 1. The predicted octanol–water partition coefficient (Wildman–Crippen LogP) is 3.26. The summed E-state index contributed by atoms with van der Waals surface area (Å²) in [5, 5.41) is 18.2. The van der Waals surface area contributed by atoms with E-state index in [0.29, 0.717) is 64.0 Å². The number of phenolic OH excluding ortho intramolecular Hbond substituents is 1. The first-order valence-corrected chi connectivity index (χ1v) is 14.6. The Kier molecular flexibility index (Phi) is 8.99. The molecule has 2 atom stereocenters. The summed E-state index contributed by atoms with van der Waals surface area (Å²) in [5.41, 5.74) is -1.78. The molecule has 0 unspecified atom stereocenters. The van der Waals surface area contributed by atoms with Crippen molar-refractivity contribution in [3.8, 4) is 5.75 Å². The van der Waals surface area contributed by atoms with Crippen molar-refractivity contribution >= 4 is 33.4 Å². The van der Waals surface area contributed by atoms with Crippen LogP contribution in [0.3, 0.4) is 0 Å². The first-order valence-electron chi connectivity index (χ1n) is 12.7. The topological polar surface area (TPSA) is 155 Å². The number of amides is 1. The molecule has 2 heterocycles. The van der Waals surface area contributed by atoms with Gasteiger partial charge >= 0.3 is 6.18 Å². The zero-order valence-corrected chi connectivity index (χ0v) is 22.3. The van der Waals surface area contributed by atoms with Gasteiger partial charge in [-0.25, -0.2) is 22.5 Å². The fourth-order valence-corrected chi connectivity index (χ4v) is 5.55. The smallest absolute Gasteiger partial charge is 0.421 e. The van der Waals surface area contributed by atoms with E-state index in [4.69, 9.17) is 4.74 Å². The second kappa shape index (κ2) is 12.1. The maximum absolute atomic E-state index is 14.5. The van der Waals surface area contributed by atoms with Crippen LogP contribution in [0.5, 0.6) is 5.75 Å². The van der Waals surface area contributed by atoms with Crippen LogP contribution in [0.2, 0.25) is 0 Å². The van der Waals surface area contributed by atoms with Crippen LogP contribution in [-0.2, 0) is 20.9 Å². The number of hydrogen-bond acceptors (Lipinski definition) is 9. The van der Waals surface area contributed by atoms with Crippen LogP contribution in [-0.4, -0.2) is 67.0 Å². The average molecular weight is 591 g/mol. The van der Waals surface area contributed by atoms with Crippen LogP contribution >= 0.6 is 0 Å². The highest BCUT2D eigenvalue weighted by Crippen LogP contribution is 2.36. The third kappa shape index (κ3) is 7.69. The summed E-state index contributed by atoms with van der Waals surface area (Å²) in [7, 11) is -3.62. The van der Waals surface area contributed by atoms with E-state index in [1.54, 1.807) is 0 Å². The standard InChI is InChI=1S/C24H30F4N6O5S/c1-40(37,38)34-18-5-3-2-4-17(18)31-21-15(24(26,27)28)12-29-23(33-21)32-19-10-14(16(25)11-20(19)35)22(36)30-13-6-8-39-9-7-13/h10-13,17-18,34-35H,2-9H2,1H3,(H,30,36)(H2,29,31,32,33)/t17-,18-/m1/s1. The lowest BCUT2D eigenvalue weighted by molar-refractivity contribution is -0.137. The summed E-state index contributed by atoms with van der Waals surface area (Å²) >= 11 is 0. The number of sulfonamides is 1. The summed E-state index contributed by atoms with van der Waals surface area (Å²) < 4.78 is 87.2. The Morgan fingerprint density at radius 3 is 2.42 bits per heavy atom. The zero-order valence-electron chi connectivity index (χ0n) is 21.5. The molecule has 1 aliphatic heterocycles. The summed E-state index contributed by atoms with van der Waals surface area (Å²) in [4.78, 5) is 20.3. The van der Waals surface area contributed by atoms with Crippen LogP contribution in [0.4, 0.5) is 35.0 Å². The monoisotopic (exact) mass is 590 g/mol. The lowest BCUT2D eigenvalue weighted by Gasteiger charge is -2.33. The molecule has 1 saturated carbocycles. The fourth-order valence-electron chi connectivity index (χ4n) is 4.72. The number of rotatable bonds is 8. The lowest BCUT2D eigenvalue weighted by atomic mass is 9.91. The summed E-state index contributed by atoms with van der Waals surface area (Å²) in [6.07, 6.45) is -0.0460. The van der Waals surface area contributed by atoms with E-state index in [1.165, 1.54) is 0 Å². The summed E-state index contributed by atoms with van der Waals surface area (Å²) in [6, 6.07) is 0.147. The minimum Gasteiger partial charge on any atom is -0.506 e. The Labute approximate surface area is 228 Å². The quantitative estimate of drug-likeness (QED) is 0.230. The van der Waals surface area contributed by atoms with Crippen LogP contribution in [0, 0.1) is 5.82 Å². The number of carbonyl (C=O) groups is 1. The Hall–Kier alpha value is -3.24. The first-order chi connectivity index (χ1) is 18.8. The second-order valence-corrected chi connectivity index (χ2v) is 11.6. The number of phenols is 1. The van der Waals surface area contributed by atoms with Gasteiger partial charge < -0.3 is 25.8 Å². The van der Waals surface area contributed by atoms with Gasteiger partial charge in [-0.3, -0.25) is 4.79 Å². The van der Waals surface area contributed by atoms with E-state index in [-0.39, 0.29) is 17.7 Å². The number of benzene rings is 1. The average Bonchev–Trinajstić information content (AvgIpc) is 2.86. The molecule has 2 aliphatic rings. The molecule has 2 aromatic rings. The molecule has 40 heavy (non-hydrogen) atoms. The van der Waals surface area contributed by atoms with E-state index in [2.05, 4.69) is 30.6 Å². The molecule has 11 nitrogen and oxygen atoms in total. The van der Waals surface area contributed by atoms with E-state index < -0.39 is 62.7 Å². The molecule has 0 radical (unpaired) electrons. The Morgan fingerprint density at radius 1 is 1.10 bits per heavy atom. The van der Waals surface area contributed by atoms with Gasteiger partial charge in [0, 0.05) is 43.6 Å². The molecule has 5 N–H and O–H groups in total. The van der Waals surface area contributed by atoms with Crippen LogP contribution < -0.4 is 20.7 Å². The number of alkyl halides is 3. The number of nitrogens with zero attached hydrogens (tertiary/aromatic N) is 2. The molecule has 0 spiro atoms. The highest BCUT2D eigenvalue weighted by Gasteiger charge is 2.37. The van der Waals surface area contributed by atoms with Gasteiger partial charge in [0.1, 0.15) is 22.9 Å². The number of carbonyl (C=O) groups excluding carboxylic acids is 1. The van der Waals surface area contributed by atoms with Gasteiger partial charge in [0.25, 0.3) is 5.91 Å². The van der Waals surface area contributed by atoms with Crippen LogP contribution in [0.1, 0.15) is 54.4 Å². The maximum Gasteiger partial charge on any atom is 0.421 e. The van der Waals surface area contributed by atoms with Gasteiger partial charge in [0.05, 0.1) is 17.5 Å². The molecule has 4 rings (SSSR count). The van der Waals surface area contributed by atoms with E-state index >= 15 is 0 Å². The van der Waals surface area contributed by atoms with Gasteiger partial charge in [-0.15, -0.1) is 0 Å². The molecular weight excluding hydrogens is 560 g/mol. The van der Waals surface area contributed by atoms with Crippen molar-refractivity contribution in [2.75, 3.05) is 30.1 Å². The van der Waals surface area contributed by atoms with Crippen molar-refractivity contribution in [2.45, 2.75) is 62.8 Å². The first kappa shape index (κ1) is 29.7. The summed E-state index contributed by atoms with van der Waals surface area (Å²) in [6.45, 7) is 0.896. The normalized spacial score (nSPS) is 20.6. The number of aromatic hydroxyl groups is 1. The molecule has 1 aromatic heterocycles. The molecule has 16 heteroatoms. The lowest BCUT2D eigenvalue weighted by Crippen LogP contribution is -2.48. The Bertz CT molecular complexity index is 1340. The van der Waals surface area contributed by atoms with Gasteiger partial charge in [0.2, 0.25) is 16.0 Å². The minimum atomic E-state index is -4.83. The molecule has 2 fully saturated rings. The highest BCUT2D eigenvalue weighted by molar-refractivity contribution is 7.88. The predicted molar refractivity (Wildman–Crippen MR) is 137 cm³/mol. The van der Waals surface area contributed by atoms with Crippen molar-refractivity contribution in [1.29, 1.82) is 0 Å². The Morgan fingerprint density at radius 2 is 1.77 bits per heavy atom. The van der Waals surface area contributed by atoms with Crippen LogP contribution in [0.25, 0.3) is 0 Å². The number of hydrogen-bond donors (Lipinski definition) is 5. The zero-order chi connectivity index (χ0) is 29.1. The van der Waals surface area contributed by atoms with E-state index in [1.807, 2.05) is 0 Å². The largest absolute Gasteiger partial charge is 0.506 e. The second-order valence-electron chi connectivity index (χ2n) is 9.82. The molecular formula is C24H30F4N6O5S. The molecule has 1 aromatic carbocycles. The van der Waals surface area contributed by atoms with Gasteiger partial charge in [-0.2, -0.15) is 18.2 Å². The molecule has 0 bridgehead atoms. The molecule has 1 saturated heterocycles. The highest BCUT2D eigenvalue weighted by atomic mass is 32.2. The third-order valence-corrected chi connectivity index (χ3v) is 7.41. The van der Waals surface area contributed by atoms with Crippen LogP contribution in [0.15, 0.2) is 18.3 Å².